The molecule has 2 aliphatic carbocycles. The summed E-state index contributed by atoms with van der Waals surface area (Å²) in [5, 5.41) is 2.68. The summed E-state index contributed by atoms with van der Waals surface area (Å²) in [6, 6.07) is 59.1. The molecule has 0 saturated heterocycles. The first kappa shape index (κ1) is 26.9. The lowest BCUT2D eigenvalue weighted by atomic mass is 9.64. The van der Waals surface area contributed by atoms with Gasteiger partial charge in [-0.15, -0.1) is 11.3 Å². The van der Waals surface area contributed by atoms with E-state index in [1.807, 2.05) is 11.3 Å². The maximum absolute atomic E-state index is 2.45. The van der Waals surface area contributed by atoms with Crippen molar-refractivity contribution in [1.29, 1.82) is 0 Å². The average Bonchev–Trinajstić information content (AvgIpc) is 3.73. The summed E-state index contributed by atoms with van der Waals surface area (Å²) in [5.41, 5.74) is 15.7. The maximum Gasteiger partial charge on any atom is 0.0717 e. The Morgan fingerprint density at radius 2 is 1.06 bits per heavy atom. The molecule has 47 heavy (non-hydrogen) atoms. The van der Waals surface area contributed by atoms with Gasteiger partial charge in [0.2, 0.25) is 0 Å². The highest BCUT2D eigenvalue weighted by Crippen LogP contribution is 2.64. The Bertz CT molecular complexity index is 2480. The fourth-order valence-corrected chi connectivity index (χ4v) is 10.3. The van der Waals surface area contributed by atoms with Crippen LogP contribution in [0.2, 0.25) is 0 Å². The molecule has 0 atom stereocenters. The molecule has 0 spiro atoms. The first-order chi connectivity index (χ1) is 23.1. The molecule has 1 heteroatoms. The molecule has 10 rings (SSSR count). The molecule has 0 radical (unpaired) electrons. The molecule has 0 bridgehead atoms. The minimum Gasteiger partial charge on any atom is -0.134 e. The molecule has 0 aliphatic heterocycles. The van der Waals surface area contributed by atoms with Crippen LogP contribution >= 0.6 is 11.3 Å². The van der Waals surface area contributed by atoms with E-state index < -0.39 is 5.41 Å². The fourth-order valence-electron chi connectivity index (χ4n) is 8.98. The number of thiophene rings is 1. The number of hydrogen-bond acceptors (Lipinski definition) is 1. The Labute approximate surface area is 279 Å². The zero-order chi connectivity index (χ0) is 31.3. The van der Waals surface area contributed by atoms with Crippen molar-refractivity contribution in [2.75, 3.05) is 0 Å². The summed E-state index contributed by atoms with van der Waals surface area (Å²) in [6.45, 7) is 4.86. The highest BCUT2D eigenvalue weighted by Gasteiger charge is 2.52. The smallest absolute Gasteiger partial charge is 0.0717 e. The van der Waals surface area contributed by atoms with Crippen LogP contribution in [-0.4, -0.2) is 0 Å². The van der Waals surface area contributed by atoms with E-state index in [9.17, 15) is 0 Å². The summed E-state index contributed by atoms with van der Waals surface area (Å²) in [6.07, 6.45) is 0. The van der Waals surface area contributed by atoms with Gasteiger partial charge in [-0.1, -0.05) is 166 Å². The molecule has 0 nitrogen and oxygen atoms in total. The lowest BCUT2D eigenvalue weighted by Gasteiger charge is -2.37. The second kappa shape index (κ2) is 9.64. The van der Waals surface area contributed by atoms with Gasteiger partial charge < -0.3 is 0 Å². The molecule has 8 aromatic rings. The Hall–Kier alpha value is -5.24. The van der Waals surface area contributed by atoms with Crippen LogP contribution in [0.25, 0.3) is 53.6 Å². The first-order valence-electron chi connectivity index (χ1n) is 16.5. The van der Waals surface area contributed by atoms with Gasteiger partial charge in [0, 0.05) is 31.2 Å². The van der Waals surface area contributed by atoms with Crippen LogP contribution in [0.5, 0.6) is 0 Å². The quantitative estimate of drug-likeness (QED) is 0.185. The molecule has 2 aliphatic rings. The SMILES string of the molecule is CC1(C)c2ccccc2-c2ccc3c(c21)C(c1ccccc1)(c1ccccc1)c1ccc2c(sc4cc(-c5ccccc5)ccc42)c1-3. The highest BCUT2D eigenvalue weighted by atomic mass is 32.1. The summed E-state index contributed by atoms with van der Waals surface area (Å²) in [4.78, 5) is 0. The molecule has 0 fully saturated rings. The van der Waals surface area contributed by atoms with E-state index >= 15 is 0 Å². The van der Waals surface area contributed by atoms with Crippen molar-refractivity contribution in [2.24, 2.45) is 0 Å². The second-order valence-corrected chi connectivity index (χ2v) is 14.7. The second-order valence-electron chi connectivity index (χ2n) is 13.6. The van der Waals surface area contributed by atoms with Crippen LogP contribution in [0.4, 0.5) is 0 Å². The van der Waals surface area contributed by atoms with Crippen molar-refractivity contribution >= 4 is 31.5 Å². The molecular formula is C46H32S. The van der Waals surface area contributed by atoms with Crippen LogP contribution in [0.15, 0.2) is 158 Å². The lowest BCUT2D eigenvalue weighted by Crippen LogP contribution is -2.32. The summed E-state index contributed by atoms with van der Waals surface area (Å²) >= 11 is 1.95. The predicted octanol–water partition coefficient (Wildman–Crippen LogP) is 12.4. The van der Waals surface area contributed by atoms with Gasteiger partial charge in [0.15, 0.2) is 0 Å². The van der Waals surface area contributed by atoms with Crippen molar-refractivity contribution in [3.05, 3.63) is 191 Å². The van der Waals surface area contributed by atoms with E-state index in [0.29, 0.717) is 0 Å². The standard InChI is InChI=1S/C46H32S/c1-45(2)38-21-13-12-20-33(38)35-24-25-37-41-39(46(43(37)42(35)45,31-16-8-4-9-17-31)32-18-10-5-11-19-32)27-26-36-34-23-22-30(28-40(34)47-44(36)41)29-14-6-3-7-15-29/h3-28H,1-2H3. The summed E-state index contributed by atoms with van der Waals surface area (Å²) < 4.78 is 2.72. The highest BCUT2D eigenvalue weighted by molar-refractivity contribution is 7.26. The molecular weight excluding hydrogens is 585 g/mol. The molecule has 0 saturated carbocycles. The maximum atomic E-state index is 2.45. The van der Waals surface area contributed by atoms with Gasteiger partial charge in [-0.3, -0.25) is 0 Å². The summed E-state index contributed by atoms with van der Waals surface area (Å²) in [5.74, 6) is 0. The molecule has 1 aromatic heterocycles. The zero-order valence-corrected chi connectivity index (χ0v) is 27.2. The monoisotopic (exact) mass is 616 g/mol. The van der Waals surface area contributed by atoms with Crippen molar-refractivity contribution in [3.63, 3.8) is 0 Å². The third-order valence-electron chi connectivity index (χ3n) is 10.9. The minimum atomic E-state index is -0.461. The largest absolute Gasteiger partial charge is 0.134 e. The lowest BCUT2D eigenvalue weighted by molar-refractivity contribution is 0.633. The number of benzene rings is 7. The van der Waals surface area contributed by atoms with Gasteiger partial charge in [-0.05, 0) is 67.3 Å². The van der Waals surface area contributed by atoms with Crippen LogP contribution in [-0.2, 0) is 10.8 Å². The van der Waals surface area contributed by atoms with Gasteiger partial charge >= 0.3 is 0 Å². The Kier molecular flexibility index (Phi) is 5.52. The van der Waals surface area contributed by atoms with Crippen LogP contribution < -0.4 is 0 Å². The average molecular weight is 617 g/mol. The fraction of sp³-hybridized carbons (Fsp3) is 0.0870. The molecule has 1 heterocycles. The molecule has 0 amide bonds. The van der Waals surface area contributed by atoms with E-state index in [1.165, 1.54) is 86.9 Å². The third kappa shape index (κ3) is 3.47. The van der Waals surface area contributed by atoms with E-state index in [4.69, 9.17) is 0 Å². The van der Waals surface area contributed by atoms with Crippen molar-refractivity contribution in [3.8, 4) is 33.4 Å². The van der Waals surface area contributed by atoms with Crippen molar-refractivity contribution in [1.82, 2.24) is 0 Å². The van der Waals surface area contributed by atoms with E-state index in [2.05, 4.69) is 172 Å². The van der Waals surface area contributed by atoms with E-state index in [1.54, 1.807) is 0 Å². The van der Waals surface area contributed by atoms with Gasteiger partial charge in [-0.2, -0.15) is 0 Å². The van der Waals surface area contributed by atoms with Gasteiger partial charge in [0.05, 0.1) is 5.41 Å². The van der Waals surface area contributed by atoms with E-state index in [0.717, 1.165) is 0 Å². The Morgan fingerprint density at radius 1 is 0.447 bits per heavy atom. The van der Waals surface area contributed by atoms with Crippen LogP contribution in [0, 0.1) is 0 Å². The predicted molar refractivity (Wildman–Crippen MR) is 200 cm³/mol. The number of fused-ring (bicyclic) bond motifs is 11. The van der Waals surface area contributed by atoms with Crippen molar-refractivity contribution in [2.45, 2.75) is 24.7 Å². The van der Waals surface area contributed by atoms with Gasteiger partial charge in [0.1, 0.15) is 0 Å². The third-order valence-corrected chi connectivity index (χ3v) is 12.1. The molecule has 0 unspecified atom stereocenters. The number of hydrogen-bond donors (Lipinski definition) is 0. The zero-order valence-electron chi connectivity index (χ0n) is 26.4. The minimum absolute atomic E-state index is 0.155. The van der Waals surface area contributed by atoms with E-state index in [-0.39, 0.29) is 5.41 Å². The topological polar surface area (TPSA) is 0 Å². The molecule has 0 N–H and O–H groups in total. The number of rotatable bonds is 3. The Morgan fingerprint density at radius 3 is 1.79 bits per heavy atom. The summed E-state index contributed by atoms with van der Waals surface area (Å²) in [7, 11) is 0. The first-order valence-corrected chi connectivity index (χ1v) is 17.3. The normalized spacial score (nSPS) is 14.9. The van der Waals surface area contributed by atoms with Gasteiger partial charge in [-0.25, -0.2) is 0 Å². The van der Waals surface area contributed by atoms with Crippen LogP contribution in [0.3, 0.4) is 0 Å². The van der Waals surface area contributed by atoms with Gasteiger partial charge in [0.25, 0.3) is 0 Å². The molecule has 222 valence electrons. The van der Waals surface area contributed by atoms with Crippen molar-refractivity contribution < 1.29 is 0 Å². The van der Waals surface area contributed by atoms with Crippen LogP contribution in [0.1, 0.15) is 47.2 Å². The molecule has 7 aromatic carbocycles. The Balaban J connectivity index is 1.37.